The number of alkyl halides is 3. The fraction of sp³-hybridized carbons (Fsp3) is 0.429. The van der Waals surface area contributed by atoms with E-state index in [-0.39, 0.29) is 11.7 Å². The maximum Gasteiger partial charge on any atom is 0.417 e. The molecule has 1 amide bonds. The van der Waals surface area contributed by atoms with E-state index in [0.717, 1.165) is 12.1 Å². The predicted molar refractivity (Wildman–Crippen MR) is 67.4 cm³/mol. The van der Waals surface area contributed by atoms with Crippen molar-refractivity contribution in [2.75, 3.05) is 6.54 Å². The van der Waals surface area contributed by atoms with Crippen LogP contribution in [0.1, 0.15) is 25.0 Å². The Balaban J connectivity index is 2.34. The molecule has 1 fully saturated rings. The van der Waals surface area contributed by atoms with Gasteiger partial charge in [-0.1, -0.05) is 13.8 Å². The third-order valence-corrected chi connectivity index (χ3v) is 3.34. The summed E-state index contributed by atoms with van der Waals surface area (Å²) in [7, 11) is 0. The number of benzene rings is 1. The van der Waals surface area contributed by atoms with Crippen LogP contribution in [-0.2, 0) is 11.0 Å². The van der Waals surface area contributed by atoms with Gasteiger partial charge in [0, 0.05) is 12.0 Å². The van der Waals surface area contributed by atoms with Gasteiger partial charge in [-0.05, 0) is 18.2 Å². The SMILES string of the molecule is CC1(C)CNC(=O)[C@@H]1Oc1ccc(C#N)c(C(F)(F)F)c1. The third-order valence-electron chi connectivity index (χ3n) is 3.34. The van der Waals surface area contributed by atoms with E-state index >= 15 is 0 Å². The number of hydrogen-bond acceptors (Lipinski definition) is 3. The first-order chi connectivity index (χ1) is 9.65. The number of ether oxygens (including phenoxy) is 1. The van der Waals surface area contributed by atoms with Gasteiger partial charge in [-0.3, -0.25) is 4.79 Å². The molecule has 0 aromatic heterocycles. The first kappa shape index (κ1) is 15.2. The van der Waals surface area contributed by atoms with Gasteiger partial charge in [0.15, 0.2) is 6.10 Å². The average Bonchev–Trinajstić information content (AvgIpc) is 2.64. The van der Waals surface area contributed by atoms with E-state index < -0.39 is 28.8 Å². The Kier molecular flexibility index (Phi) is 3.58. The van der Waals surface area contributed by atoms with Gasteiger partial charge >= 0.3 is 6.18 Å². The minimum absolute atomic E-state index is 0.0866. The normalized spacial score (nSPS) is 20.8. The van der Waals surface area contributed by atoms with Gasteiger partial charge in [0.1, 0.15) is 5.75 Å². The monoisotopic (exact) mass is 298 g/mol. The van der Waals surface area contributed by atoms with Gasteiger partial charge in [-0.15, -0.1) is 0 Å². The Hall–Kier alpha value is -2.23. The van der Waals surface area contributed by atoms with Gasteiger partial charge in [0.25, 0.3) is 5.91 Å². The number of hydrogen-bond donors (Lipinski definition) is 1. The molecule has 2 rings (SSSR count). The van der Waals surface area contributed by atoms with Crippen LogP contribution in [0.4, 0.5) is 13.2 Å². The molecule has 0 spiro atoms. The van der Waals surface area contributed by atoms with Gasteiger partial charge in [0.2, 0.25) is 0 Å². The van der Waals surface area contributed by atoms with Crippen LogP contribution in [0, 0.1) is 16.7 Å². The second kappa shape index (κ2) is 4.95. The molecule has 1 aliphatic heterocycles. The molecule has 112 valence electrons. The lowest BCUT2D eigenvalue weighted by molar-refractivity contribution is -0.137. The summed E-state index contributed by atoms with van der Waals surface area (Å²) in [5.74, 6) is -0.450. The van der Waals surface area contributed by atoms with Crippen LogP contribution in [0.3, 0.4) is 0 Å². The number of carbonyl (C=O) groups is 1. The van der Waals surface area contributed by atoms with Crippen molar-refractivity contribution in [3.63, 3.8) is 0 Å². The van der Waals surface area contributed by atoms with Crippen LogP contribution in [0.15, 0.2) is 18.2 Å². The van der Waals surface area contributed by atoms with Gasteiger partial charge < -0.3 is 10.1 Å². The summed E-state index contributed by atoms with van der Waals surface area (Å²) >= 11 is 0. The van der Waals surface area contributed by atoms with E-state index in [9.17, 15) is 18.0 Å². The highest BCUT2D eigenvalue weighted by molar-refractivity contribution is 5.84. The van der Waals surface area contributed by atoms with Gasteiger partial charge in [-0.25, -0.2) is 0 Å². The van der Waals surface area contributed by atoms with Crippen molar-refractivity contribution in [3.8, 4) is 11.8 Å². The lowest BCUT2D eigenvalue weighted by Crippen LogP contribution is -2.36. The van der Waals surface area contributed by atoms with E-state index in [0.29, 0.717) is 6.54 Å². The smallest absolute Gasteiger partial charge is 0.417 e. The molecule has 1 aromatic carbocycles. The van der Waals surface area contributed by atoms with Crippen molar-refractivity contribution < 1.29 is 22.7 Å². The molecule has 4 nitrogen and oxygen atoms in total. The van der Waals surface area contributed by atoms with Crippen molar-refractivity contribution >= 4 is 5.91 Å². The zero-order valence-electron chi connectivity index (χ0n) is 11.4. The summed E-state index contributed by atoms with van der Waals surface area (Å²) in [6.45, 7) is 3.95. The minimum atomic E-state index is -4.65. The molecule has 0 radical (unpaired) electrons. The summed E-state index contributed by atoms with van der Waals surface area (Å²) in [6.07, 6.45) is -5.52. The van der Waals surface area contributed by atoms with E-state index in [2.05, 4.69) is 5.32 Å². The molecule has 0 aliphatic carbocycles. The maximum atomic E-state index is 12.9. The molecule has 1 aromatic rings. The molecular weight excluding hydrogens is 285 g/mol. The zero-order chi connectivity index (χ0) is 15.8. The second-order valence-electron chi connectivity index (χ2n) is 5.52. The Morgan fingerprint density at radius 3 is 2.57 bits per heavy atom. The summed E-state index contributed by atoms with van der Waals surface area (Å²) in [4.78, 5) is 11.7. The van der Waals surface area contributed by atoms with Gasteiger partial charge in [0.05, 0.1) is 17.2 Å². The summed E-state index contributed by atoms with van der Waals surface area (Å²) in [5, 5.41) is 11.3. The summed E-state index contributed by atoms with van der Waals surface area (Å²) in [6, 6.07) is 4.54. The van der Waals surface area contributed by atoms with E-state index in [4.69, 9.17) is 10.00 Å². The minimum Gasteiger partial charge on any atom is -0.480 e. The lowest BCUT2D eigenvalue weighted by atomic mass is 9.89. The average molecular weight is 298 g/mol. The Bertz CT molecular complexity index is 618. The van der Waals surface area contributed by atoms with Crippen LogP contribution < -0.4 is 10.1 Å². The molecule has 1 atom stereocenters. The summed E-state index contributed by atoms with van der Waals surface area (Å²) < 4.78 is 44.0. The number of amides is 1. The van der Waals surface area contributed by atoms with E-state index in [1.807, 2.05) is 0 Å². The number of nitriles is 1. The van der Waals surface area contributed by atoms with Crippen molar-refractivity contribution in [1.29, 1.82) is 5.26 Å². The number of carbonyl (C=O) groups excluding carboxylic acids is 1. The van der Waals surface area contributed by atoms with E-state index in [1.54, 1.807) is 13.8 Å². The summed E-state index contributed by atoms with van der Waals surface area (Å²) in [5.41, 5.74) is -2.08. The molecule has 7 heteroatoms. The Morgan fingerprint density at radius 2 is 2.10 bits per heavy atom. The van der Waals surface area contributed by atoms with Crippen LogP contribution in [0.25, 0.3) is 0 Å². The van der Waals surface area contributed by atoms with Crippen LogP contribution in [-0.4, -0.2) is 18.6 Å². The first-order valence-electron chi connectivity index (χ1n) is 6.21. The largest absolute Gasteiger partial charge is 0.480 e. The molecule has 0 unspecified atom stereocenters. The van der Waals surface area contributed by atoms with Crippen molar-refractivity contribution in [3.05, 3.63) is 29.3 Å². The Labute approximate surface area is 119 Å². The van der Waals surface area contributed by atoms with Crippen molar-refractivity contribution in [2.45, 2.75) is 26.1 Å². The molecule has 21 heavy (non-hydrogen) atoms. The molecule has 0 bridgehead atoms. The maximum absolute atomic E-state index is 12.9. The number of nitrogens with one attached hydrogen (secondary N) is 1. The standard InChI is InChI=1S/C14H13F3N2O2/c1-13(2)7-19-12(20)11(13)21-9-4-3-8(6-18)10(5-9)14(15,16)17/h3-5,11H,7H2,1-2H3,(H,19,20)/t11-/m0/s1. The fourth-order valence-electron chi connectivity index (χ4n) is 2.13. The molecule has 0 saturated carbocycles. The fourth-order valence-corrected chi connectivity index (χ4v) is 2.13. The third kappa shape index (κ3) is 2.94. The Morgan fingerprint density at radius 1 is 1.43 bits per heavy atom. The van der Waals surface area contributed by atoms with Crippen molar-refractivity contribution in [1.82, 2.24) is 5.32 Å². The number of halogens is 3. The molecule has 1 saturated heterocycles. The number of nitrogens with zero attached hydrogens (tertiary/aromatic N) is 1. The van der Waals surface area contributed by atoms with Crippen molar-refractivity contribution in [2.24, 2.45) is 5.41 Å². The highest BCUT2D eigenvalue weighted by Crippen LogP contribution is 2.36. The second-order valence-corrected chi connectivity index (χ2v) is 5.52. The quantitative estimate of drug-likeness (QED) is 0.912. The lowest BCUT2D eigenvalue weighted by Gasteiger charge is -2.24. The van der Waals surface area contributed by atoms with Gasteiger partial charge in [-0.2, -0.15) is 18.4 Å². The van der Waals surface area contributed by atoms with Crippen LogP contribution in [0.2, 0.25) is 0 Å². The highest BCUT2D eigenvalue weighted by atomic mass is 19.4. The van der Waals surface area contributed by atoms with Crippen LogP contribution >= 0.6 is 0 Å². The van der Waals surface area contributed by atoms with Crippen LogP contribution in [0.5, 0.6) is 5.75 Å². The molecule has 1 aliphatic rings. The number of rotatable bonds is 2. The predicted octanol–water partition coefficient (Wildman–Crippen LogP) is 2.48. The highest BCUT2D eigenvalue weighted by Gasteiger charge is 2.43. The molecular formula is C14H13F3N2O2. The first-order valence-corrected chi connectivity index (χ1v) is 6.21. The topological polar surface area (TPSA) is 62.1 Å². The molecule has 1 N–H and O–H groups in total. The zero-order valence-corrected chi connectivity index (χ0v) is 11.4. The molecule has 1 heterocycles. The van der Waals surface area contributed by atoms with E-state index in [1.165, 1.54) is 12.1 Å².